The van der Waals surface area contributed by atoms with Crippen LogP contribution < -0.4 is 4.90 Å². The van der Waals surface area contributed by atoms with E-state index >= 15 is 0 Å². The first-order chi connectivity index (χ1) is 12.5. The molecule has 138 valence electrons. The number of methoxy groups -OCH3 is 1. The predicted molar refractivity (Wildman–Crippen MR) is 112 cm³/mol. The Morgan fingerprint density at radius 2 is 1.96 bits per heavy atom. The van der Waals surface area contributed by atoms with Gasteiger partial charge >= 0.3 is 0 Å². The quantitative estimate of drug-likeness (QED) is 0.482. The van der Waals surface area contributed by atoms with E-state index in [1.807, 2.05) is 18.2 Å². The van der Waals surface area contributed by atoms with Gasteiger partial charge in [-0.1, -0.05) is 53.3 Å². The first-order valence-electron chi connectivity index (χ1n) is 8.38. The second-order valence-electron chi connectivity index (χ2n) is 5.99. The zero-order valence-electron chi connectivity index (χ0n) is 14.6. The molecule has 1 saturated heterocycles. The van der Waals surface area contributed by atoms with Crippen molar-refractivity contribution in [2.75, 3.05) is 31.7 Å². The number of hydrogen-bond donors (Lipinski definition) is 0. The lowest BCUT2D eigenvalue weighted by molar-refractivity contribution is -0.123. The molecule has 5 nitrogen and oxygen atoms in total. The molecular weight excluding hydrogens is 436 g/mol. The van der Waals surface area contributed by atoms with Crippen LogP contribution in [0, 0.1) is 0 Å². The van der Waals surface area contributed by atoms with E-state index < -0.39 is 0 Å². The van der Waals surface area contributed by atoms with Crippen LogP contribution in [0.25, 0.3) is 5.57 Å². The first-order valence-corrected chi connectivity index (χ1v) is 10.4. The van der Waals surface area contributed by atoms with Crippen molar-refractivity contribution < 1.29 is 14.3 Å². The van der Waals surface area contributed by atoms with Gasteiger partial charge in [-0.3, -0.25) is 14.5 Å². The zero-order valence-corrected chi connectivity index (χ0v) is 17.8. The van der Waals surface area contributed by atoms with Gasteiger partial charge in [-0.25, -0.2) is 0 Å². The van der Waals surface area contributed by atoms with Gasteiger partial charge in [0.2, 0.25) is 0 Å². The molecule has 8 heteroatoms. The zero-order chi connectivity index (χ0) is 18.8. The Kier molecular flexibility index (Phi) is 6.17. The maximum Gasteiger partial charge on any atom is 0.267 e. The predicted octanol–water partition coefficient (Wildman–Crippen LogP) is 3.81. The van der Waals surface area contributed by atoms with E-state index in [0.29, 0.717) is 34.5 Å². The molecule has 0 aliphatic carbocycles. The molecule has 1 aromatic rings. The molecule has 0 N–H and O–H groups in total. The maximum absolute atomic E-state index is 13.1. The van der Waals surface area contributed by atoms with Crippen molar-refractivity contribution in [3.63, 3.8) is 0 Å². The number of unbranched alkanes of at least 4 members (excludes halogenated alkanes) is 1. The molecule has 0 unspecified atom stereocenters. The summed E-state index contributed by atoms with van der Waals surface area (Å²) in [6.07, 6.45) is 1.90. The summed E-state index contributed by atoms with van der Waals surface area (Å²) >= 11 is 10.0. The molecule has 2 heterocycles. The molecule has 2 amide bonds. The molecule has 26 heavy (non-hydrogen) atoms. The third kappa shape index (κ3) is 3.47. The molecule has 0 bridgehead atoms. The van der Waals surface area contributed by atoms with Crippen molar-refractivity contribution in [3.8, 4) is 0 Å². The Morgan fingerprint density at radius 1 is 1.19 bits per heavy atom. The van der Waals surface area contributed by atoms with Gasteiger partial charge in [0, 0.05) is 23.7 Å². The van der Waals surface area contributed by atoms with Crippen LogP contribution in [0.15, 0.2) is 27.6 Å². The fraction of sp³-hybridized carbons (Fsp3) is 0.389. The monoisotopic (exact) mass is 454 g/mol. The van der Waals surface area contributed by atoms with Crippen molar-refractivity contribution in [1.82, 2.24) is 4.90 Å². The number of anilines is 1. The van der Waals surface area contributed by atoms with E-state index in [0.717, 1.165) is 28.6 Å². The van der Waals surface area contributed by atoms with Crippen molar-refractivity contribution in [1.29, 1.82) is 0 Å². The minimum Gasteiger partial charge on any atom is -0.383 e. The van der Waals surface area contributed by atoms with Crippen LogP contribution in [0.2, 0.25) is 0 Å². The van der Waals surface area contributed by atoms with Gasteiger partial charge in [-0.2, -0.15) is 0 Å². The number of carbonyl (C=O) groups is 2. The van der Waals surface area contributed by atoms with Crippen molar-refractivity contribution in [2.45, 2.75) is 19.8 Å². The number of rotatable bonds is 6. The topological polar surface area (TPSA) is 49.9 Å². The van der Waals surface area contributed by atoms with Gasteiger partial charge < -0.3 is 9.64 Å². The number of fused-ring (bicyclic) bond motifs is 1. The van der Waals surface area contributed by atoms with Crippen LogP contribution in [0.4, 0.5) is 5.69 Å². The van der Waals surface area contributed by atoms with Crippen molar-refractivity contribution in [2.24, 2.45) is 0 Å². The average Bonchev–Trinajstić information content (AvgIpc) is 3.04. The minimum absolute atomic E-state index is 0.126. The largest absolute Gasteiger partial charge is 0.383 e. The summed E-state index contributed by atoms with van der Waals surface area (Å²) in [5.41, 5.74) is 2.09. The van der Waals surface area contributed by atoms with Crippen molar-refractivity contribution >= 4 is 67.3 Å². The number of thiocarbonyl (C=S) groups is 1. The van der Waals surface area contributed by atoms with Crippen LogP contribution in [0.1, 0.15) is 25.3 Å². The average molecular weight is 455 g/mol. The number of ether oxygens (including phenoxy) is 1. The molecular formula is C18H19BrN2O3S2. The molecule has 2 aliphatic rings. The Hall–Kier alpha value is -1.22. The van der Waals surface area contributed by atoms with E-state index in [-0.39, 0.29) is 11.8 Å². The third-order valence-electron chi connectivity index (χ3n) is 4.31. The summed E-state index contributed by atoms with van der Waals surface area (Å²) in [4.78, 5) is 29.7. The van der Waals surface area contributed by atoms with E-state index in [2.05, 4.69) is 22.9 Å². The Labute approximate surface area is 170 Å². The molecule has 1 aromatic carbocycles. The van der Waals surface area contributed by atoms with E-state index in [1.54, 1.807) is 12.0 Å². The summed E-state index contributed by atoms with van der Waals surface area (Å²) in [5.74, 6) is -0.345. The summed E-state index contributed by atoms with van der Waals surface area (Å²) in [5, 5.41) is 0. The van der Waals surface area contributed by atoms with Gasteiger partial charge in [-0.15, -0.1) is 0 Å². The Bertz CT molecular complexity index is 810. The highest BCUT2D eigenvalue weighted by Gasteiger charge is 2.41. The van der Waals surface area contributed by atoms with Crippen LogP contribution >= 0.6 is 39.9 Å². The van der Waals surface area contributed by atoms with Gasteiger partial charge in [0.25, 0.3) is 11.8 Å². The molecule has 3 rings (SSSR count). The summed E-state index contributed by atoms with van der Waals surface area (Å²) in [7, 11) is 1.58. The van der Waals surface area contributed by atoms with Crippen LogP contribution in [0.5, 0.6) is 0 Å². The van der Waals surface area contributed by atoms with Gasteiger partial charge in [0.1, 0.15) is 4.32 Å². The number of nitrogens with zero attached hydrogens (tertiary/aromatic N) is 2. The molecule has 0 spiro atoms. The normalized spacial score (nSPS) is 19.7. The molecule has 0 atom stereocenters. The Morgan fingerprint density at radius 3 is 2.65 bits per heavy atom. The highest BCUT2D eigenvalue weighted by molar-refractivity contribution is 9.10. The van der Waals surface area contributed by atoms with Crippen molar-refractivity contribution in [3.05, 3.63) is 33.1 Å². The number of amides is 2. The molecule has 0 aromatic heterocycles. The smallest absolute Gasteiger partial charge is 0.267 e. The molecule has 0 saturated carbocycles. The van der Waals surface area contributed by atoms with E-state index in [1.165, 1.54) is 16.7 Å². The fourth-order valence-corrected chi connectivity index (χ4v) is 4.73. The first kappa shape index (κ1) is 19.5. The third-order valence-corrected chi connectivity index (χ3v) is 6.25. The molecule has 0 radical (unpaired) electrons. The lowest BCUT2D eigenvalue weighted by Crippen LogP contribution is -2.32. The standard InChI is InChI=1S/C18H19BrN2O3S2/c1-3-4-7-20-13-6-5-11(19)10-12(13)14(16(20)22)15-17(23)21(8-9-24-2)18(25)26-15/h5-6,10H,3-4,7-9H2,1-2H3. The highest BCUT2D eigenvalue weighted by atomic mass is 79.9. The lowest BCUT2D eigenvalue weighted by atomic mass is 10.1. The number of carbonyl (C=O) groups excluding carboxylic acids is 2. The van der Waals surface area contributed by atoms with Crippen LogP contribution in [-0.4, -0.2) is 47.8 Å². The number of halogens is 1. The molecule has 1 fully saturated rings. The second-order valence-corrected chi connectivity index (χ2v) is 8.55. The van der Waals surface area contributed by atoms with Crippen LogP contribution in [0.3, 0.4) is 0 Å². The maximum atomic E-state index is 13.1. The van der Waals surface area contributed by atoms with E-state index in [9.17, 15) is 9.59 Å². The van der Waals surface area contributed by atoms with Gasteiger partial charge in [0.05, 0.1) is 29.3 Å². The number of benzene rings is 1. The molecule has 2 aliphatic heterocycles. The van der Waals surface area contributed by atoms with Crippen LogP contribution in [-0.2, 0) is 14.3 Å². The summed E-state index contributed by atoms with van der Waals surface area (Å²) in [6, 6.07) is 5.74. The highest BCUT2D eigenvalue weighted by Crippen LogP contribution is 2.45. The summed E-state index contributed by atoms with van der Waals surface area (Å²) < 4.78 is 6.39. The van der Waals surface area contributed by atoms with Gasteiger partial charge in [-0.05, 0) is 24.6 Å². The second kappa shape index (κ2) is 8.21. The SMILES string of the molecule is CCCCN1C(=O)C(=C2SC(=S)N(CCOC)C2=O)c2cc(Br)ccc21. The lowest BCUT2D eigenvalue weighted by Gasteiger charge is -2.16. The number of thioether (sulfide) groups is 1. The van der Waals surface area contributed by atoms with E-state index in [4.69, 9.17) is 17.0 Å². The fourth-order valence-electron chi connectivity index (χ4n) is 2.99. The minimum atomic E-state index is -0.219. The summed E-state index contributed by atoms with van der Waals surface area (Å²) in [6.45, 7) is 3.51. The number of hydrogen-bond acceptors (Lipinski definition) is 5. The van der Waals surface area contributed by atoms with Gasteiger partial charge in [0.15, 0.2) is 0 Å². The Balaban J connectivity index is 2.06.